The lowest BCUT2D eigenvalue weighted by Gasteiger charge is -2.15. The largest absolute Gasteiger partial charge is 0.390 e. The molecule has 2 heterocycles. The number of nitrogens with zero attached hydrogens (tertiary/aromatic N) is 1. The molecule has 1 N–H and O–H groups in total. The summed E-state index contributed by atoms with van der Waals surface area (Å²) in [5.74, 6) is -0.0275. The third kappa shape index (κ3) is 0.805. The summed E-state index contributed by atoms with van der Waals surface area (Å²) < 4.78 is 0. The normalized spacial score (nSPS) is 43.3. The van der Waals surface area contributed by atoms with Gasteiger partial charge in [0, 0.05) is 6.54 Å². The van der Waals surface area contributed by atoms with Crippen molar-refractivity contribution in [1.29, 1.82) is 0 Å². The van der Waals surface area contributed by atoms with Gasteiger partial charge in [0.2, 0.25) is 5.91 Å². The van der Waals surface area contributed by atoms with Crippen LogP contribution in [0.3, 0.4) is 0 Å². The molecular weight excluding hydrogens is 142 g/mol. The van der Waals surface area contributed by atoms with E-state index in [1.165, 1.54) is 0 Å². The maximum atomic E-state index is 11.4. The molecule has 0 saturated carbocycles. The van der Waals surface area contributed by atoms with E-state index in [1.807, 2.05) is 11.8 Å². The molecule has 0 bridgehead atoms. The fraction of sp³-hybridized carbons (Fsp3) is 0.875. The van der Waals surface area contributed by atoms with E-state index in [2.05, 4.69) is 0 Å². The van der Waals surface area contributed by atoms with Gasteiger partial charge in [-0.2, -0.15) is 0 Å². The molecule has 3 heteroatoms. The van der Waals surface area contributed by atoms with E-state index in [4.69, 9.17) is 0 Å². The Bertz CT molecular complexity index is 193. The Labute approximate surface area is 66.0 Å². The molecule has 0 aromatic rings. The molecule has 62 valence electrons. The zero-order valence-corrected chi connectivity index (χ0v) is 6.66. The number of rotatable bonds is 0. The van der Waals surface area contributed by atoms with Gasteiger partial charge in [0.05, 0.1) is 18.1 Å². The van der Waals surface area contributed by atoms with Gasteiger partial charge < -0.3 is 10.0 Å². The van der Waals surface area contributed by atoms with E-state index >= 15 is 0 Å². The Hall–Kier alpha value is -0.570. The quantitative estimate of drug-likeness (QED) is 0.534. The Balaban J connectivity index is 2.23. The van der Waals surface area contributed by atoms with Crippen LogP contribution in [0.15, 0.2) is 0 Å². The summed E-state index contributed by atoms with van der Waals surface area (Å²) in [4.78, 5) is 13.2. The molecule has 0 aromatic carbocycles. The van der Waals surface area contributed by atoms with Crippen LogP contribution in [0.2, 0.25) is 0 Å². The number of hydrogen-bond acceptors (Lipinski definition) is 2. The molecule has 3 atom stereocenters. The summed E-state index contributed by atoms with van der Waals surface area (Å²) in [5, 5.41) is 9.58. The smallest absolute Gasteiger partial charge is 0.228 e. The van der Waals surface area contributed by atoms with Crippen LogP contribution < -0.4 is 0 Å². The minimum absolute atomic E-state index is 0.137. The van der Waals surface area contributed by atoms with E-state index in [-0.39, 0.29) is 17.9 Å². The minimum Gasteiger partial charge on any atom is -0.390 e. The highest BCUT2D eigenvalue weighted by Gasteiger charge is 2.46. The van der Waals surface area contributed by atoms with Crippen molar-refractivity contribution in [3.63, 3.8) is 0 Å². The van der Waals surface area contributed by atoms with Crippen LogP contribution in [0, 0.1) is 5.92 Å². The fourth-order valence-corrected chi connectivity index (χ4v) is 2.16. The Morgan fingerprint density at radius 3 is 3.00 bits per heavy atom. The average molecular weight is 155 g/mol. The molecule has 2 aliphatic heterocycles. The second-order valence-corrected chi connectivity index (χ2v) is 3.52. The highest BCUT2D eigenvalue weighted by molar-refractivity contribution is 5.82. The average Bonchev–Trinajstić information content (AvgIpc) is 2.53. The highest BCUT2D eigenvalue weighted by Crippen LogP contribution is 2.32. The molecule has 0 aliphatic carbocycles. The predicted octanol–water partition coefficient (Wildman–Crippen LogP) is -0.0120. The van der Waals surface area contributed by atoms with Gasteiger partial charge in [0.25, 0.3) is 0 Å². The number of aliphatic hydroxyl groups excluding tert-OH is 1. The number of aliphatic hydroxyl groups is 1. The van der Waals surface area contributed by atoms with Crippen molar-refractivity contribution in [2.24, 2.45) is 5.92 Å². The van der Waals surface area contributed by atoms with E-state index < -0.39 is 6.10 Å². The first-order valence-corrected chi connectivity index (χ1v) is 4.20. The third-order valence-corrected chi connectivity index (χ3v) is 2.88. The van der Waals surface area contributed by atoms with Crippen molar-refractivity contribution in [1.82, 2.24) is 4.90 Å². The van der Waals surface area contributed by atoms with Crippen molar-refractivity contribution in [2.75, 3.05) is 6.54 Å². The van der Waals surface area contributed by atoms with Gasteiger partial charge in [-0.15, -0.1) is 0 Å². The number of carbonyl (C=O) groups is 1. The second kappa shape index (κ2) is 2.21. The van der Waals surface area contributed by atoms with Crippen LogP contribution in [0.4, 0.5) is 0 Å². The molecule has 2 aliphatic rings. The molecule has 3 nitrogen and oxygen atoms in total. The molecule has 2 rings (SSSR count). The van der Waals surface area contributed by atoms with Gasteiger partial charge in [-0.3, -0.25) is 4.79 Å². The summed E-state index contributed by atoms with van der Waals surface area (Å²) in [6, 6.07) is 0.137. The number of carbonyl (C=O) groups excluding carboxylic acids is 1. The first-order chi connectivity index (χ1) is 5.22. The molecule has 2 saturated heterocycles. The van der Waals surface area contributed by atoms with Gasteiger partial charge in [0.15, 0.2) is 0 Å². The SMILES string of the molecule is C[C@@H]1C(=O)N2CCC[C@H]2[C@@H]1O. The zero-order valence-electron chi connectivity index (χ0n) is 6.66. The van der Waals surface area contributed by atoms with Gasteiger partial charge in [-0.05, 0) is 12.8 Å². The molecular formula is C8H13NO2. The summed E-state index contributed by atoms with van der Waals surface area (Å²) in [7, 11) is 0. The molecule has 11 heavy (non-hydrogen) atoms. The lowest BCUT2D eigenvalue weighted by molar-refractivity contribution is -0.130. The van der Waals surface area contributed by atoms with Crippen molar-refractivity contribution >= 4 is 5.91 Å². The maximum absolute atomic E-state index is 11.4. The summed E-state index contributed by atoms with van der Waals surface area (Å²) in [6.07, 6.45) is 1.63. The molecule has 0 radical (unpaired) electrons. The minimum atomic E-state index is -0.412. The topological polar surface area (TPSA) is 40.5 Å². The first kappa shape index (κ1) is 7.10. The Morgan fingerprint density at radius 2 is 2.36 bits per heavy atom. The van der Waals surface area contributed by atoms with Crippen LogP contribution in [0.5, 0.6) is 0 Å². The maximum Gasteiger partial charge on any atom is 0.228 e. The predicted molar refractivity (Wildman–Crippen MR) is 39.9 cm³/mol. The fourth-order valence-electron chi connectivity index (χ4n) is 2.16. The molecule has 0 spiro atoms. The number of fused-ring (bicyclic) bond motifs is 1. The van der Waals surface area contributed by atoms with Gasteiger partial charge in [0.1, 0.15) is 0 Å². The zero-order chi connectivity index (χ0) is 8.01. The molecule has 0 aromatic heterocycles. The highest BCUT2D eigenvalue weighted by atomic mass is 16.3. The van der Waals surface area contributed by atoms with Crippen molar-refractivity contribution in [3.05, 3.63) is 0 Å². The second-order valence-electron chi connectivity index (χ2n) is 3.52. The van der Waals surface area contributed by atoms with Crippen molar-refractivity contribution in [3.8, 4) is 0 Å². The lowest BCUT2D eigenvalue weighted by atomic mass is 10.0. The van der Waals surface area contributed by atoms with Crippen LogP contribution >= 0.6 is 0 Å². The van der Waals surface area contributed by atoms with Crippen LogP contribution in [-0.2, 0) is 4.79 Å². The van der Waals surface area contributed by atoms with Gasteiger partial charge >= 0.3 is 0 Å². The van der Waals surface area contributed by atoms with Crippen molar-refractivity contribution < 1.29 is 9.90 Å². The molecule has 2 fully saturated rings. The standard InChI is InChI=1S/C8H13NO2/c1-5-7(10)6-3-2-4-9(6)8(5)11/h5-7,10H,2-4H2,1H3/t5-,6-,7+/m0/s1. The van der Waals surface area contributed by atoms with Crippen LogP contribution in [-0.4, -0.2) is 34.6 Å². The van der Waals surface area contributed by atoms with E-state index in [0.717, 1.165) is 19.4 Å². The van der Waals surface area contributed by atoms with Crippen LogP contribution in [0.25, 0.3) is 0 Å². The van der Waals surface area contributed by atoms with Gasteiger partial charge in [-0.1, -0.05) is 6.92 Å². The molecule has 1 amide bonds. The van der Waals surface area contributed by atoms with E-state index in [9.17, 15) is 9.90 Å². The number of amides is 1. The number of hydrogen-bond donors (Lipinski definition) is 1. The third-order valence-electron chi connectivity index (χ3n) is 2.88. The molecule has 0 unspecified atom stereocenters. The first-order valence-electron chi connectivity index (χ1n) is 4.20. The Kier molecular flexibility index (Phi) is 1.42. The monoisotopic (exact) mass is 155 g/mol. The lowest BCUT2D eigenvalue weighted by Crippen LogP contribution is -2.30. The van der Waals surface area contributed by atoms with E-state index in [1.54, 1.807) is 0 Å². The summed E-state index contributed by atoms with van der Waals surface area (Å²) >= 11 is 0. The summed E-state index contributed by atoms with van der Waals surface area (Å²) in [6.45, 7) is 2.66. The van der Waals surface area contributed by atoms with E-state index in [0.29, 0.717) is 0 Å². The van der Waals surface area contributed by atoms with Crippen LogP contribution in [0.1, 0.15) is 19.8 Å². The Morgan fingerprint density at radius 1 is 1.64 bits per heavy atom. The van der Waals surface area contributed by atoms with Crippen molar-refractivity contribution in [2.45, 2.75) is 31.9 Å². The van der Waals surface area contributed by atoms with Gasteiger partial charge in [-0.25, -0.2) is 0 Å². The summed E-state index contributed by atoms with van der Waals surface area (Å²) in [5.41, 5.74) is 0.